The maximum absolute atomic E-state index is 13.5. The molecule has 0 radical (unpaired) electrons. The van der Waals surface area contributed by atoms with E-state index in [4.69, 9.17) is 42.1 Å². The first-order valence-corrected chi connectivity index (χ1v) is 18.9. The van der Waals surface area contributed by atoms with Gasteiger partial charge in [-0.05, 0) is 62.1 Å². The van der Waals surface area contributed by atoms with Crippen LogP contribution < -0.4 is 14.2 Å². The number of ether oxygens (including phenoxy) is 4. The lowest BCUT2D eigenvalue weighted by molar-refractivity contribution is -0.609. The number of amides is 2. The minimum atomic E-state index is -0.852. The number of hydrogen-bond donors (Lipinski definition) is 1. The highest BCUT2D eigenvalue weighted by Gasteiger charge is 2.38. The fourth-order valence-electron chi connectivity index (χ4n) is 6.44. The van der Waals surface area contributed by atoms with Crippen LogP contribution in [0.25, 0.3) is 0 Å². The van der Waals surface area contributed by atoms with Crippen LogP contribution in [-0.2, 0) is 45.0 Å². The molecule has 1 N–H and O–H groups in total. The van der Waals surface area contributed by atoms with Gasteiger partial charge in [0.2, 0.25) is 11.9 Å². The van der Waals surface area contributed by atoms with E-state index in [1.54, 1.807) is 13.8 Å². The lowest BCUT2D eigenvalue weighted by atomic mass is 9.96. The Morgan fingerprint density at radius 3 is 1.80 bits per heavy atom. The fraction of sp³-hybridized carbons (Fsp3) is 0.300. The number of benzene rings is 2. The van der Waals surface area contributed by atoms with Crippen LogP contribution in [0.5, 0.6) is 17.4 Å². The standard InChI is InChI=1S/C22H20ClFN2O7.C18H16ClFN2O5/c1-4-31-22(30)18-14-7-8-26(10-13-5-6-16(24)15(23)9-13)21(29)17(14)19(32-11(2)27)20(25-18)33-12(3)28;1-2-27-18(25)16-11-5-6-21(8-10-3-4-13(20)12(19)7-10)17(24)15(11)14(23)9-22(16)26/h5-6,9H,4,7-8,10H2,1-3H3;3-4,7,9,23H,2,5-6,8H2,1H3. The zero-order valence-corrected chi connectivity index (χ0v) is 33.9. The number of carbonyl (C=O) groups excluding carboxylic acids is 6. The summed E-state index contributed by atoms with van der Waals surface area (Å²) in [6.07, 6.45) is 1.12. The van der Waals surface area contributed by atoms with E-state index in [2.05, 4.69) is 4.98 Å². The number of carbonyl (C=O) groups is 6. The number of hydrogen-bond acceptors (Lipinski definition) is 13. The lowest BCUT2D eigenvalue weighted by Gasteiger charge is -2.30. The van der Waals surface area contributed by atoms with Crippen molar-refractivity contribution in [2.45, 2.75) is 53.6 Å². The zero-order valence-electron chi connectivity index (χ0n) is 32.4. The molecule has 4 heterocycles. The van der Waals surface area contributed by atoms with Crippen LogP contribution in [0.15, 0.2) is 42.6 Å². The van der Waals surface area contributed by atoms with Gasteiger partial charge in [0.1, 0.15) is 11.6 Å². The van der Waals surface area contributed by atoms with E-state index in [1.165, 1.54) is 46.2 Å². The van der Waals surface area contributed by atoms with Gasteiger partial charge in [-0.2, -0.15) is 4.73 Å². The molecule has 0 atom stereocenters. The summed E-state index contributed by atoms with van der Waals surface area (Å²) in [6.45, 7) is 6.11. The molecular formula is C40H36Cl2F2N4O12. The topological polar surface area (TPSA) is 206 Å². The van der Waals surface area contributed by atoms with Gasteiger partial charge in [-0.25, -0.2) is 23.4 Å². The van der Waals surface area contributed by atoms with Gasteiger partial charge in [-0.15, -0.1) is 0 Å². The Bertz CT molecular complexity index is 2410. The normalized spacial score (nSPS) is 13.1. The van der Waals surface area contributed by atoms with Crippen molar-refractivity contribution in [1.82, 2.24) is 14.8 Å². The minimum absolute atomic E-state index is 0.0509. The summed E-state index contributed by atoms with van der Waals surface area (Å²) in [6, 6.07) is 8.19. The smallest absolute Gasteiger partial charge is 0.405 e. The summed E-state index contributed by atoms with van der Waals surface area (Å²) in [4.78, 5) is 81.1. The van der Waals surface area contributed by atoms with E-state index < -0.39 is 59.0 Å². The van der Waals surface area contributed by atoms with E-state index >= 15 is 0 Å². The summed E-state index contributed by atoms with van der Waals surface area (Å²) in [5.74, 6) is -6.94. The number of rotatable bonds is 10. The fourth-order valence-corrected chi connectivity index (χ4v) is 6.84. The SMILES string of the molecule is CCOC(=O)c1c2c(c(O)c[n+]1[O-])C(=O)N(Cc1ccc(F)c(Cl)c1)CC2.CCOC(=O)c1nc(OC(C)=O)c(OC(C)=O)c2c1CCN(Cc1ccc(F)c(Cl)c1)C2=O. The predicted octanol–water partition coefficient (Wildman–Crippen LogP) is 5.29. The molecule has 4 aromatic rings. The average Bonchev–Trinajstić information content (AvgIpc) is 3.17. The summed E-state index contributed by atoms with van der Waals surface area (Å²) in [7, 11) is 0. The van der Waals surface area contributed by atoms with Crippen LogP contribution in [0.1, 0.15) is 91.6 Å². The largest absolute Gasteiger partial charge is 0.618 e. The van der Waals surface area contributed by atoms with Gasteiger partial charge in [0, 0.05) is 45.6 Å². The van der Waals surface area contributed by atoms with Crippen LogP contribution in [0.3, 0.4) is 0 Å². The molecule has 0 spiro atoms. The maximum Gasteiger partial charge on any atom is 0.405 e. The number of halogens is 4. The molecule has 0 fully saturated rings. The van der Waals surface area contributed by atoms with Crippen molar-refractivity contribution < 1.29 is 66.3 Å². The van der Waals surface area contributed by atoms with Crippen molar-refractivity contribution in [3.8, 4) is 17.4 Å². The molecule has 60 heavy (non-hydrogen) atoms. The molecule has 0 unspecified atom stereocenters. The van der Waals surface area contributed by atoms with Crippen LogP contribution in [-0.4, -0.2) is 81.9 Å². The van der Waals surface area contributed by atoms with Gasteiger partial charge < -0.3 is 39.1 Å². The van der Waals surface area contributed by atoms with E-state index in [9.17, 15) is 47.9 Å². The Balaban J connectivity index is 0.000000232. The third-order valence-corrected chi connectivity index (χ3v) is 9.51. The quantitative estimate of drug-likeness (QED) is 0.122. The molecule has 20 heteroatoms. The molecule has 2 aliphatic rings. The third kappa shape index (κ3) is 9.89. The number of aromatic nitrogens is 2. The number of nitrogens with zero attached hydrogens (tertiary/aromatic N) is 4. The lowest BCUT2D eigenvalue weighted by Crippen LogP contribution is -2.43. The average molecular weight is 874 g/mol. The molecule has 2 aromatic heterocycles. The number of fused-ring (bicyclic) bond motifs is 2. The van der Waals surface area contributed by atoms with Gasteiger partial charge >= 0.3 is 29.6 Å². The maximum atomic E-state index is 13.5. The Morgan fingerprint density at radius 2 is 1.30 bits per heavy atom. The van der Waals surface area contributed by atoms with Crippen molar-refractivity contribution >= 4 is 58.9 Å². The number of aromatic hydroxyl groups is 1. The molecule has 6 rings (SSSR count). The Kier molecular flexibility index (Phi) is 14.2. The molecule has 16 nitrogen and oxygen atoms in total. The van der Waals surface area contributed by atoms with Gasteiger partial charge in [0.25, 0.3) is 17.7 Å². The minimum Gasteiger partial charge on any atom is -0.618 e. The monoisotopic (exact) mass is 872 g/mol. The van der Waals surface area contributed by atoms with E-state index in [0.29, 0.717) is 11.1 Å². The second-order valence-electron chi connectivity index (χ2n) is 13.1. The first-order valence-electron chi connectivity index (χ1n) is 18.2. The van der Waals surface area contributed by atoms with Gasteiger partial charge in [-0.3, -0.25) is 19.2 Å². The second kappa shape index (κ2) is 19.1. The Morgan fingerprint density at radius 1 is 0.800 bits per heavy atom. The van der Waals surface area contributed by atoms with Crippen molar-refractivity contribution in [1.29, 1.82) is 0 Å². The third-order valence-electron chi connectivity index (χ3n) is 8.93. The molecule has 2 aliphatic heterocycles. The van der Waals surface area contributed by atoms with Crippen LogP contribution in [0.2, 0.25) is 10.0 Å². The number of pyridine rings is 2. The highest BCUT2D eigenvalue weighted by molar-refractivity contribution is 6.31. The molecule has 2 amide bonds. The Labute approximate surface area is 350 Å². The highest BCUT2D eigenvalue weighted by Crippen LogP contribution is 2.38. The Hall–Kier alpha value is -6.40. The predicted molar refractivity (Wildman–Crippen MR) is 206 cm³/mol. The summed E-state index contributed by atoms with van der Waals surface area (Å²) in [5, 5.41) is 22.0. The molecule has 0 saturated heterocycles. The van der Waals surface area contributed by atoms with Gasteiger partial charge in [0.05, 0.1) is 39.9 Å². The van der Waals surface area contributed by atoms with E-state index in [-0.39, 0.29) is 106 Å². The highest BCUT2D eigenvalue weighted by atomic mass is 35.5. The second-order valence-corrected chi connectivity index (χ2v) is 13.9. The van der Waals surface area contributed by atoms with E-state index in [1.807, 2.05) is 0 Å². The summed E-state index contributed by atoms with van der Waals surface area (Å²) >= 11 is 11.6. The zero-order chi connectivity index (χ0) is 44.0. The molecular weight excluding hydrogens is 837 g/mol. The first kappa shape index (κ1) is 44.7. The van der Waals surface area contributed by atoms with Gasteiger partial charge in [-0.1, -0.05) is 35.3 Å². The molecule has 316 valence electrons. The van der Waals surface area contributed by atoms with Crippen molar-refractivity contribution in [3.63, 3.8) is 0 Å². The van der Waals surface area contributed by atoms with Crippen LogP contribution in [0.4, 0.5) is 8.78 Å². The molecule has 0 aliphatic carbocycles. The first-order chi connectivity index (χ1) is 28.4. The van der Waals surface area contributed by atoms with Crippen LogP contribution >= 0.6 is 23.2 Å². The molecule has 2 aromatic carbocycles. The molecule has 0 bridgehead atoms. The van der Waals surface area contributed by atoms with Crippen molar-refractivity contribution in [2.24, 2.45) is 0 Å². The van der Waals surface area contributed by atoms with E-state index in [0.717, 1.165) is 20.0 Å². The number of esters is 4. The summed E-state index contributed by atoms with van der Waals surface area (Å²) in [5.41, 5.74) is 0.772. The van der Waals surface area contributed by atoms with Gasteiger partial charge in [0.15, 0.2) is 11.4 Å². The van der Waals surface area contributed by atoms with Crippen molar-refractivity contribution in [3.05, 3.63) is 114 Å². The molecule has 0 saturated carbocycles. The summed E-state index contributed by atoms with van der Waals surface area (Å²) < 4.78 is 47.2. The van der Waals surface area contributed by atoms with Crippen molar-refractivity contribution in [2.75, 3.05) is 26.3 Å². The van der Waals surface area contributed by atoms with Crippen LogP contribution in [0, 0.1) is 16.8 Å².